The summed E-state index contributed by atoms with van der Waals surface area (Å²) in [5, 5.41) is 11.7. The van der Waals surface area contributed by atoms with Crippen LogP contribution in [-0.2, 0) is 16.1 Å². The number of ether oxygens (including phenoxy) is 2. The number of carbonyl (C=O) groups is 3. The summed E-state index contributed by atoms with van der Waals surface area (Å²) in [6.07, 6.45) is 1.61. The molecule has 4 rings (SSSR count). The van der Waals surface area contributed by atoms with E-state index in [2.05, 4.69) is 11.4 Å². The summed E-state index contributed by atoms with van der Waals surface area (Å²) in [4.78, 5) is 39.3. The van der Waals surface area contributed by atoms with Gasteiger partial charge in [-0.1, -0.05) is 36.4 Å². The molecule has 1 N–H and O–H groups in total. The van der Waals surface area contributed by atoms with Crippen molar-refractivity contribution in [2.45, 2.75) is 20.4 Å². The molecule has 0 saturated carbocycles. The molecular formula is C29H25N3O5S. The van der Waals surface area contributed by atoms with Gasteiger partial charge in [0.05, 0.1) is 29.7 Å². The average molecular weight is 528 g/mol. The van der Waals surface area contributed by atoms with Crippen LogP contribution in [0.2, 0.25) is 0 Å². The maximum atomic E-state index is 13.0. The molecule has 8 nitrogen and oxygen atoms in total. The van der Waals surface area contributed by atoms with Crippen molar-refractivity contribution in [3.05, 3.63) is 93.9 Å². The quantitative estimate of drug-likeness (QED) is 0.365. The predicted octanol–water partition coefficient (Wildman–Crippen LogP) is 5.52. The van der Waals surface area contributed by atoms with Crippen LogP contribution in [0, 0.1) is 18.3 Å². The standard InChI is InChI=1S/C29H25N3O5S/c1-3-36-25-14-20(11-12-24(25)37-18-27(33)31-23-10-6-7-19(2)13-23)15-26-28(34)32(29(35)38-26)17-22-9-5-4-8-21(22)16-30/h4-15H,3,17-18H2,1-2H3,(H,31,33)/b26-15+. The minimum atomic E-state index is -0.432. The van der Waals surface area contributed by atoms with E-state index in [1.165, 1.54) is 0 Å². The van der Waals surface area contributed by atoms with E-state index in [-0.39, 0.29) is 24.0 Å². The normalized spacial score (nSPS) is 13.9. The average Bonchev–Trinajstić information content (AvgIpc) is 3.16. The first-order chi connectivity index (χ1) is 18.4. The van der Waals surface area contributed by atoms with Gasteiger partial charge in [-0.15, -0.1) is 0 Å². The highest BCUT2D eigenvalue weighted by atomic mass is 32.2. The fraction of sp³-hybridized carbons (Fsp3) is 0.172. The Morgan fingerprint density at radius 3 is 2.63 bits per heavy atom. The number of imide groups is 1. The molecular weight excluding hydrogens is 502 g/mol. The summed E-state index contributed by atoms with van der Waals surface area (Å²) in [7, 11) is 0. The van der Waals surface area contributed by atoms with E-state index in [4.69, 9.17) is 9.47 Å². The van der Waals surface area contributed by atoms with Gasteiger partial charge in [-0.3, -0.25) is 19.3 Å². The van der Waals surface area contributed by atoms with Crippen molar-refractivity contribution in [2.75, 3.05) is 18.5 Å². The number of carbonyl (C=O) groups excluding carboxylic acids is 3. The zero-order chi connectivity index (χ0) is 27.1. The number of anilines is 1. The van der Waals surface area contributed by atoms with Crippen LogP contribution < -0.4 is 14.8 Å². The number of nitriles is 1. The van der Waals surface area contributed by atoms with Crippen molar-refractivity contribution in [3.63, 3.8) is 0 Å². The molecule has 1 fully saturated rings. The monoisotopic (exact) mass is 527 g/mol. The van der Waals surface area contributed by atoms with Crippen molar-refractivity contribution in [2.24, 2.45) is 0 Å². The SMILES string of the molecule is CCOc1cc(/C=C2/SC(=O)N(Cc3ccccc3C#N)C2=O)ccc1OCC(=O)Nc1cccc(C)c1. The molecule has 3 amide bonds. The molecule has 1 aliphatic rings. The van der Waals surface area contributed by atoms with E-state index in [9.17, 15) is 19.6 Å². The number of hydrogen-bond acceptors (Lipinski definition) is 7. The van der Waals surface area contributed by atoms with Gasteiger partial charge in [0.2, 0.25) is 0 Å². The van der Waals surface area contributed by atoms with Crippen LogP contribution in [0.15, 0.2) is 71.6 Å². The van der Waals surface area contributed by atoms with E-state index in [1.54, 1.807) is 54.6 Å². The number of amides is 3. The molecule has 0 radical (unpaired) electrons. The zero-order valence-corrected chi connectivity index (χ0v) is 21.7. The zero-order valence-electron chi connectivity index (χ0n) is 20.9. The number of aryl methyl sites for hydroxylation is 1. The summed E-state index contributed by atoms with van der Waals surface area (Å²) in [6, 6.07) is 21.5. The fourth-order valence-electron chi connectivity index (χ4n) is 3.79. The van der Waals surface area contributed by atoms with Gasteiger partial charge in [0.15, 0.2) is 18.1 Å². The molecule has 1 aliphatic heterocycles. The first kappa shape index (κ1) is 26.5. The Bertz CT molecular complexity index is 1460. The second-order valence-corrected chi connectivity index (χ2v) is 9.38. The number of thioether (sulfide) groups is 1. The van der Waals surface area contributed by atoms with Gasteiger partial charge >= 0.3 is 0 Å². The Balaban J connectivity index is 1.46. The molecule has 1 saturated heterocycles. The molecule has 192 valence electrons. The van der Waals surface area contributed by atoms with Crippen molar-refractivity contribution in [1.29, 1.82) is 5.26 Å². The second-order valence-electron chi connectivity index (χ2n) is 8.38. The first-order valence-corrected chi connectivity index (χ1v) is 12.7. The van der Waals surface area contributed by atoms with E-state index in [0.717, 1.165) is 22.2 Å². The summed E-state index contributed by atoms with van der Waals surface area (Å²) in [5.74, 6) is 0.0454. The topological polar surface area (TPSA) is 109 Å². The number of hydrogen-bond donors (Lipinski definition) is 1. The largest absolute Gasteiger partial charge is 0.490 e. The van der Waals surface area contributed by atoms with E-state index in [0.29, 0.717) is 40.5 Å². The van der Waals surface area contributed by atoms with E-state index < -0.39 is 11.1 Å². The number of rotatable bonds is 9. The highest BCUT2D eigenvalue weighted by Crippen LogP contribution is 2.35. The third-order valence-electron chi connectivity index (χ3n) is 5.57. The highest BCUT2D eigenvalue weighted by Gasteiger charge is 2.35. The van der Waals surface area contributed by atoms with Gasteiger partial charge in [0, 0.05) is 5.69 Å². The van der Waals surface area contributed by atoms with Crippen LogP contribution in [0.3, 0.4) is 0 Å². The molecule has 0 bridgehead atoms. The van der Waals surface area contributed by atoms with Gasteiger partial charge < -0.3 is 14.8 Å². The smallest absolute Gasteiger partial charge is 0.293 e. The van der Waals surface area contributed by atoms with Crippen molar-refractivity contribution in [3.8, 4) is 17.6 Å². The molecule has 1 heterocycles. The lowest BCUT2D eigenvalue weighted by Gasteiger charge is -2.14. The van der Waals surface area contributed by atoms with Crippen molar-refractivity contribution >= 4 is 40.6 Å². The van der Waals surface area contributed by atoms with Crippen LogP contribution in [0.5, 0.6) is 11.5 Å². The summed E-state index contributed by atoms with van der Waals surface area (Å²) < 4.78 is 11.4. The fourth-order valence-corrected chi connectivity index (χ4v) is 4.63. The summed E-state index contributed by atoms with van der Waals surface area (Å²) in [5.41, 5.74) is 3.37. The van der Waals surface area contributed by atoms with Gasteiger partial charge in [0.1, 0.15) is 0 Å². The third kappa shape index (κ3) is 6.41. The third-order valence-corrected chi connectivity index (χ3v) is 6.47. The maximum Gasteiger partial charge on any atom is 0.293 e. The maximum absolute atomic E-state index is 13.0. The van der Waals surface area contributed by atoms with Crippen LogP contribution in [-0.4, -0.2) is 35.2 Å². The Labute approximate surface area is 224 Å². The minimum absolute atomic E-state index is 0.0212. The Morgan fingerprint density at radius 2 is 1.87 bits per heavy atom. The van der Waals surface area contributed by atoms with Gasteiger partial charge in [-0.25, -0.2) is 0 Å². The minimum Gasteiger partial charge on any atom is -0.490 e. The molecule has 0 atom stereocenters. The molecule has 0 spiro atoms. The Kier molecular flexibility index (Phi) is 8.46. The van der Waals surface area contributed by atoms with E-state index in [1.807, 2.05) is 32.0 Å². The van der Waals surface area contributed by atoms with Gasteiger partial charge in [0.25, 0.3) is 17.1 Å². The molecule has 0 unspecified atom stereocenters. The second kappa shape index (κ2) is 12.1. The van der Waals surface area contributed by atoms with Crippen LogP contribution in [0.4, 0.5) is 10.5 Å². The van der Waals surface area contributed by atoms with Crippen molar-refractivity contribution in [1.82, 2.24) is 4.90 Å². The number of nitrogens with one attached hydrogen (secondary N) is 1. The molecule has 0 aromatic heterocycles. The molecule has 3 aromatic carbocycles. The highest BCUT2D eigenvalue weighted by molar-refractivity contribution is 8.18. The Morgan fingerprint density at radius 1 is 1.05 bits per heavy atom. The Hall–Kier alpha value is -4.55. The molecule has 3 aromatic rings. The van der Waals surface area contributed by atoms with Gasteiger partial charge in [-0.05, 0) is 78.7 Å². The lowest BCUT2D eigenvalue weighted by molar-refractivity contribution is -0.123. The number of benzene rings is 3. The van der Waals surface area contributed by atoms with Crippen LogP contribution in [0.1, 0.15) is 29.2 Å². The first-order valence-electron chi connectivity index (χ1n) is 11.9. The van der Waals surface area contributed by atoms with Crippen LogP contribution >= 0.6 is 11.8 Å². The van der Waals surface area contributed by atoms with Crippen LogP contribution in [0.25, 0.3) is 6.08 Å². The molecule has 9 heteroatoms. The molecule has 38 heavy (non-hydrogen) atoms. The van der Waals surface area contributed by atoms with Crippen molar-refractivity contribution < 1.29 is 23.9 Å². The predicted molar refractivity (Wildman–Crippen MR) is 146 cm³/mol. The lowest BCUT2D eigenvalue weighted by atomic mass is 10.1. The number of nitrogens with zero attached hydrogens (tertiary/aromatic N) is 2. The summed E-state index contributed by atoms with van der Waals surface area (Å²) in [6.45, 7) is 3.94. The van der Waals surface area contributed by atoms with Gasteiger partial charge in [-0.2, -0.15) is 5.26 Å². The van der Waals surface area contributed by atoms with E-state index >= 15 is 0 Å². The summed E-state index contributed by atoms with van der Waals surface area (Å²) >= 11 is 0.839. The lowest BCUT2D eigenvalue weighted by Crippen LogP contribution is -2.27. The molecule has 0 aliphatic carbocycles.